The SMILES string of the molecule is CC(Nc1ccc(Br)cc1[N+](=O)[O-])c1cnn(C)c1. The number of hydrogen-bond acceptors (Lipinski definition) is 4. The molecule has 2 rings (SSSR count). The van der Waals surface area contributed by atoms with E-state index in [-0.39, 0.29) is 11.7 Å². The highest BCUT2D eigenvalue weighted by Gasteiger charge is 2.17. The van der Waals surface area contributed by atoms with E-state index in [4.69, 9.17) is 0 Å². The molecule has 0 radical (unpaired) electrons. The first kappa shape index (κ1) is 13.5. The van der Waals surface area contributed by atoms with Crippen molar-refractivity contribution in [3.63, 3.8) is 0 Å². The molecular weight excluding hydrogens is 312 g/mol. The molecule has 2 aromatic rings. The Hall–Kier alpha value is -1.89. The summed E-state index contributed by atoms with van der Waals surface area (Å²) in [4.78, 5) is 10.6. The van der Waals surface area contributed by atoms with Crippen LogP contribution >= 0.6 is 15.9 Å². The number of nitrogens with zero attached hydrogens (tertiary/aromatic N) is 3. The molecule has 1 unspecified atom stereocenters. The van der Waals surface area contributed by atoms with Crippen LogP contribution in [0.2, 0.25) is 0 Å². The molecule has 1 aromatic heterocycles. The van der Waals surface area contributed by atoms with Crippen LogP contribution in [-0.4, -0.2) is 14.7 Å². The van der Waals surface area contributed by atoms with E-state index in [2.05, 4.69) is 26.3 Å². The van der Waals surface area contributed by atoms with Gasteiger partial charge in [0.05, 0.1) is 17.2 Å². The minimum atomic E-state index is -0.400. The lowest BCUT2D eigenvalue weighted by Crippen LogP contribution is -2.07. The van der Waals surface area contributed by atoms with Gasteiger partial charge in [-0.05, 0) is 19.1 Å². The molecule has 0 spiro atoms. The third-order valence-corrected chi connectivity index (χ3v) is 3.25. The summed E-state index contributed by atoms with van der Waals surface area (Å²) < 4.78 is 2.38. The Balaban J connectivity index is 2.26. The van der Waals surface area contributed by atoms with E-state index in [1.165, 1.54) is 6.07 Å². The third kappa shape index (κ3) is 3.11. The number of aryl methyl sites for hydroxylation is 1. The summed E-state index contributed by atoms with van der Waals surface area (Å²) in [6.07, 6.45) is 3.62. The van der Waals surface area contributed by atoms with Gasteiger partial charge in [-0.2, -0.15) is 5.10 Å². The number of anilines is 1. The van der Waals surface area contributed by atoms with Crippen molar-refractivity contribution in [1.29, 1.82) is 0 Å². The average molecular weight is 325 g/mol. The Kier molecular flexibility index (Phi) is 3.84. The number of rotatable bonds is 4. The number of halogens is 1. The molecule has 1 atom stereocenters. The number of nitro groups is 1. The van der Waals surface area contributed by atoms with Gasteiger partial charge in [0, 0.05) is 29.3 Å². The zero-order chi connectivity index (χ0) is 14.0. The minimum Gasteiger partial charge on any atom is -0.373 e. The second-order valence-electron chi connectivity index (χ2n) is 4.23. The van der Waals surface area contributed by atoms with Crippen molar-refractivity contribution in [3.8, 4) is 0 Å². The Morgan fingerprint density at radius 2 is 2.26 bits per heavy atom. The van der Waals surface area contributed by atoms with Crippen molar-refractivity contribution < 1.29 is 4.92 Å². The van der Waals surface area contributed by atoms with Crippen molar-refractivity contribution in [3.05, 3.63) is 50.7 Å². The predicted molar refractivity (Wildman–Crippen MR) is 76.0 cm³/mol. The van der Waals surface area contributed by atoms with Crippen LogP contribution in [0.4, 0.5) is 11.4 Å². The summed E-state index contributed by atoms with van der Waals surface area (Å²) in [7, 11) is 1.83. The van der Waals surface area contributed by atoms with E-state index in [0.29, 0.717) is 10.2 Å². The van der Waals surface area contributed by atoms with Gasteiger partial charge in [-0.3, -0.25) is 14.8 Å². The fourth-order valence-electron chi connectivity index (χ4n) is 1.76. The predicted octanol–water partition coefficient (Wildman–Crippen LogP) is 3.26. The molecule has 0 bridgehead atoms. The van der Waals surface area contributed by atoms with Crippen LogP contribution in [0.25, 0.3) is 0 Å². The zero-order valence-electron chi connectivity index (χ0n) is 10.5. The normalized spacial score (nSPS) is 12.2. The van der Waals surface area contributed by atoms with Gasteiger partial charge in [-0.15, -0.1) is 0 Å². The van der Waals surface area contributed by atoms with Crippen LogP contribution in [-0.2, 0) is 7.05 Å². The molecular formula is C12H13BrN4O2. The maximum Gasteiger partial charge on any atom is 0.293 e. The number of nitrogens with one attached hydrogen (secondary N) is 1. The van der Waals surface area contributed by atoms with Gasteiger partial charge in [-0.1, -0.05) is 15.9 Å². The van der Waals surface area contributed by atoms with E-state index in [0.717, 1.165) is 5.56 Å². The van der Waals surface area contributed by atoms with Crippen molar-refractivity contribution in [2.45, 2.75) is 13.0 Å². The molecule has 1 aromatic carbocycles. The molecule has 0 saturated carbocycles. The molecule has 1 N–H and O–H groups in total. The standard InChI is InChI=1S/C12H13BrN4O2/c1-8(9-6-14-16(2)7-9)15-11-4-3-10(13)5-12(11)17(18)19/h3-8,15H,1-2H3. The largest absolute Gasteiger partial charge is 0.373 e. The van der Waals surface area contributed by atoms with Crippen molar-refractivity contribution in [1.82, 2.24) is 9.78 Å². The lowest BCUT2D eigenvalue weighted by Gasteiger charge is -2.13. The molecule has 0 aliphatic heterocycles. The smallest absolute Gasteiger partial charge is 0.293 e. The molecule has 0 saturated heterocycles. The molecule has 19 heavy (non-hydrogen) atoms. The molecule has 7 heteroatoms. The minimum absolute atomic E-state index is 0.0464. The van der Waals surface area contributed by atoms with Crippen LogP contribution in [0.1, 0.15) is 18.5 Å². The molecule has 0 aliphatic rings. The van der Waals surface area contributed by atoms with Gasteiger partial charge in [0.1, 0.15) is 5.69 Å². The summed E-state index contributed by atoms with van der Waals surface area (Å²) in [6.45, 7) is 1.93. The Labute approximate surface area is 118 Å². The maximum atomic E-state index is 11.0. The van der Waals surface area contributed by atoms with Crippen LogP contribution < -0.4 is 5.32 Å². The van der Waals surface area contributed by atoms with Crippen molar-refractivity contribution in [2.24, 2.45) is 7.05 Å². The molecule has 0 aliphatic carbocycles. The lowest BCUT2D eigenvalue weighted by atomic mass is 10.1. The number of hydrogen-bond donors (Lipinski definition) is 1. The monoisotopic (exact) mass is 324 g/mol. The summed E-state index contributed by atoms with van der Waals surface area (Å²) in [6, 6.07) is 4.88. The first-order valence-corrected chi connectivity index (χ1v) is 6.45. The maximum absolute atomic E-state index is 11.0. The molecule has 6 nitrogen and oxygen atoms in total. The second kappa shape index (κ2) is 5.40. The highest BCUT2D eigenvalue weighted by Crippen LogP contribution is 2.30. The van der Waals surface area contributed by atoms with E-state index in [9.17, 15) is 10.1 Å². The summed E-state index contributed by atoms with van der Waals surface area (Å²) in [5, 5.41) is 18.2. The Morgan fingerprint density at radius 3 is 2.84 bits per heavy atom. The quantitative estimate of drug-likeness (QED) is 0.692. The van der Waals surface area contributed by atoms with Gasteiger partial charge in [0.25, 0.3) is 5.69 Å². The van der Waals surface area contributed by atoms with Crippen LogP contribution in [0.5, 0.6) is 0 Å². The van der Waals surface area contributed by atoms with E-state index >= 15 is 0 Å². The number of benzene rings is 1. The average Bonchev–Trinajstić information content (AvgIpc) is 2.78. The highest BCUT2D eigenvalue weighted by molar-refractivity contribution is 9.10. The van der Waals surface area contributed by atoms with E-state index < -0.39 is 4.92 Å². The van der Waals surface area contributed by atoms with Gasteiger partial charge in [0.2, 0.25) is 0 Å². The number of aromatic nitrogens is 2. The van der Waals surface area contributed by atoms with E-state index in [1.54, 1.807) is 23.0 Å². The highest BCUT2D eigenvalue weighted by atomic mass is 79.9. The summed E-state index contributed by atoms with van der Waals surface area (Å²) in [5.74, 6) is 0. The molecule has 100 valence electrons. The Morgan fingerprint density at radius 1 is 1.53 bits per heavy atom. The van der Waals surface area contributed by atoms with Crippen LogP contribution in [0.15, 0.2) is 35.1 Å². The topological polar surface area (TPSA) is 73.0 Å². The molecule has 1 heterocycles. The van der Waals surface area contributed by atoms with Crippen molar-refractivity contribution >= 4 is 27.3 Å². The fourth-order valence-corrected chi connectivity index (χ4v) is 2.11. The third-order valence-electron chi connectivity index (χ3n) is 2.75. The van der Waals surface area contributed by atoms with Crippen LogP contribution in [0.3, 0.4) is 0 Å². The number of nitro benzene ring substituents is 1. The van der Waals surface area contributed by atoms with E-state index in [1.807, 2.05) is 20.2 Å². The molecule has 0 fully saturated rings. The Bertz CT molecular complexity index is 612. The van der Waals surface area contributed by atoms with Crippen LogP contribution in [0, 0.1) is 10.1 Å². The molecule has 0 amide bonds. The van der Waals surface area contributed by atoms with Gasteiger partial charge in [0.15, 0.2) is 0 Å². The second-order valence-corrected chi connectivity index (χ2v) is 5.15. The summed E-state index contributed by atoms with van der Waals surface area (Å²) in [5.41, 5.74) is 1.51. The summed E-state index contributed by atoms with van der Waals surface area (Å²) >= 11 is 3.23. The first-order valence-electron chi connectivity index (χ1n) is 5.66. The lowest BCUT2D eigenvalue weighted by molar-refractivity contribution is -0.384. The van der Waals surface area contributed by atoms with Gasteiger partial charge >= 0.3 is 0 Å². The first-order chi connectivity index (χ1) is 8.97. The van der Waals surface area contributed by atoms with Crippen molar-refractivity contribution in [2.75, 3.05) is 5.32 Å². The fraction of sp³-hybridized carbons (Fsp3) is 0.250. The zero-order valence-corrected chi connectivity index (χ0v) is 12.1. The van der Waals surface area contributed by atoms with Gasteiger partial charge in [-0.25, -0.2) is 0 Å². The van der Waals surface area contributed by atoms with Gasteiger partial charge < -0.3 is 5.32 Å².